The van der Waals surface area contributed by atoms with Crippen LogP contribution in [0.1, 0.15) is 37.8 Å². The van der Waals surface area contributed by atoms with E-state index in [1.165, 1.54) is 0 Å². The lowest BCUT2D eigenvalue weighted by Crippen LogP contribution is -2.27. The summed E-state index contributed by atoms with van der Waals surface area (Å²) in [6.07, 6.45) is 2.20. The van der Waals surface area contributed by atoms with Crippen molar-refractivity contribution in [3.8, 4) is 0 Å². The van der Waals surface area contributed by atoms with Crippen LogP contribution in [0.25, 0.3) is 0 Å². The maximum absolute atomic E-state index is 12.4. The minimum atomic E-state index is -3.40. The molecule has 4 nitrogen and oxygen atoms in total. The molecular formula is C16H26N2O2S. The lowest BCUT2D eigenvalue weighted by Gasteiger charge is -2.11. The zero-order chi connectivity index (χ0) is 15.5. The molecule has 0 radical (unpaired) electrons. The molecule has 1 aromatic carbocycles. The van der Waals surface area contributed by atoms with Crippen LogP contribution in [0.3, 0.4) is 0 Å². The Balaban J connectivity index is 2.07. The molecular weight excluding hydrogens is 284 g/mol. The Morgan fingerprint density at radius 1 is 1.33 bits per heavy atom. The van der Waals surface area contributed by atoms with E-state index in [4.69, 9.17) is 0 Å². The second-order valence-corrected chi connectivity index (χ2v) is 7.84. The van der Waals surface area contributed by atoms with Gasteiger partial charge in [0.25, 0.3) is 0 Å². The van der Waals surface area contributed by atoms with Crippen LogP contribution in [0.2, 0.25) is 0 Å². The Kier molecular flexibility index (Phi) is 5.41. The van der Waals surface area contributed by atoms with Gasteiger partial charge >= 0.3 is 0 Å². The summed E-state index contributed by atoms with van der Waals surface area (Å²) in [4.78, 5) is 0.409. The average molecular weight is 310 g/mol. The van der Waals surface area contributed by atoms with Crippen LogP contribution < -0.4 is 10.0 Å². The van der Waals surface area contributed by atoms with Crippen molar-refractivity contribution < 1.29 is 8.42 Å². The molecule has 0 saturated heterocycles. The lowest BCUT2D eigenvalue weighted by molar-refractivity contribution is 0.573. The molecule has 1 aromatic rings. The molecule has 2 unspecified atom stereocenters. The predicted molar refractivity (Wildman–Crippen MR) is 85.6 cm³/mol. The summed E-state index contributed by atoms with van der Waals surface area (Å²) in [5, 5.41) is 3.30. The summed E-state index contributed by atoms with van der Waals surface area (Å²) in [7, 11) is -3.40. The molecule has 0 bridgehead atoms. The first-order valence-corrected chi connectivity index (χ1v) is 9.22. The molecule has 21 heavy (non-hydrogen) atoms. The SMILES string of the molecule is CCCNCc1ccc(C)c(S(=O)(=O)NCC2CC2C)c1. The summed E-state index contributed by atoms with van der Waals surface area (Å²) in [6.45, 7) is 8.31. The zero-order valence-electron chi connectivity index (χ0n) is 13.1. The maximum Gasteiger partial charge on any atom is 0.240 e. The first-order valence-electron chi connectivity index (χ1n) is 7.74. The summed E-state index contributed by atoms with van der Waals surface area (Å²) >= 11 is 0. The van der Waals surface area contributed by atoms with Crippen LogP contribution in [0.4, 0.5) is 0 Å². The van der Waals surface area contributed by atoms with Gasteiger partial charge in [-0.25, -0.2) is 13.1 Å². The second-order valence-electron chi connectivity index (χ2n) is 6.10. The van der Waals surface area contributed by atoms with Gasteiger partial charge in [-0.1, -0.05) is 26.0 Å². The van der Waals surface area contributed by atoms with Gasteiger partial charge in [0.2, 0.25) is 10.0 Å². The van der Waals surface area contributed by atoms with E-state index in [2.05, 4.69) is 23.9 Å². The zero-order valence-corrected chi connectivity index (χ0v) is 14.0. The van der Waals surface area contributed by atoms with Gasteiger partial charge in [0, 0.05) is 13.1 Å². The van der Waals surface area contributed by atoms with Crippen LogP contribution in [0.15, 0.2) is 23.1 Å². The highest BCUT2D eigenvalue weighted by Crippen LogP contribution is 2.37. The monoisotopic (exact) mass is 310 g/mol. The Morgan fingerprint density at radius 2 is 2.05 bits per heavy atom. The highest BCUT2D eigenvalue weighted by atomic mass is 32.2. The maximum atomic E-state index is 12.4. The van der Waals surface area contributed by atoms with Gasteiger partial charge in [-0.05, 0) is 55.3 Å². The number of aryl methyl sites for hydroxylation is 1. The van der Waals surface area contributed by atoms with Crippen molar-refractivity contribution in [3.05, 3.63) is 29.3 Å². The van der Waals surface area contributed by atoms with Crippen LogP contribution in [-0.2, 0) is 16.6 Å². The summed E-state index contributed by atoms with van der Waals surface area (Å²) in [5.41, 5.74) is 1.81. The molecule has 0 aromatic heterocycles. The minimum absolute atomic E-state index is 0.409. The third kappa shape index (κ3) is 4.53. The van der Waals surface area contributed by atoms with E-state index in [1.807, 2.05) is 19.1 Å². The molecule has 0 aliphatic heterocycles. The molecule has 2 atom stereocenters. The van der Waals surface area contributed by atoms with E-state index >= 15 is 0 Å². The topological polar surface area (TPSA) is 58.2 Å². The van der Waals surface area contributed by atoms with Crippen molar-refractivity contribution in [3.63, 3.8) is 0 Å². The fraction of sp³-hybridized carbons (Fsp3) is 0.625. The number of benzene rings is 1. The number of hydrogen-bond acceptors (Lipinski definition) is 3. The standard InChI is InChI=1S/C16H26N2O2S/c1-4-7-17-10-14-6-5-12(2)16(9-14)21(19,20)18-11-15-8-13(15)3/h5-6,9,13,15,17-18H,4,7-8,10-11H2,1-3H3. The third-order valence-corrected chi connectivity index (χ3v) is 5.68. The first-order chi connectivity index (χ1) is 9.94. The normalized spacial score (nSPS) is 21.5. The van der Waals surface area contributed by atoms with Crippen molar-refractivity contribution in [2.24, 2.45) is 11.8 Å². The van der Waals surface area contributed by atoms with Gasteiger partial charge in [-0.15, -0.1) is 0 Å². The highest BCUT2D eigenvalue weighted by Gasteiger charge is 2.33. The predicted octanol–water partition coefficient (Wildman–Crippen LogP) is 2.43. The Hall–Kier alpha value is -0.910. The van der Waals surface area contributed by atoms with Gasteiger partial charge in [0.15, 0.2) is 0 Å². The molecule has 0 spiro atoms. The van der Waals surface area contributed by atoms with Crippen molar-refractivity contribution in [1.82, 2.24) is 10.0 Å². The molecule has 118 valence electrons. The van der Waals surface area contributed by atoms with Crippen molar-refractivity contribution in [1.29, 1.82) is 0 Å². The smallest absolute Gasteiger partial charge is 0.240 e. The number of sulfonamides is 1. The Labute approximate surface area is 128 Å². The average Bonchev–Trinajstić information content (AvgIpc) is 3.15. The summed E-state index contributed by atoms with van der Waals surface area (Å²) in [5.74, 6) is 1.16. The minimum Gasteiger partial charge on any atom is -0.313 e. The number of hydrogen-bond donors (Lipinski definition) is 2. The molecule has 1 aliphatic carbocycles. The number of nitrogens with one attached hydrogen (secondary N) is 2. The Bertz CT molecular complexity index is 584. The third-order valence-electron chi connectivity index (χ3n) is 4.11. The van der Waals surface area contributed by atoms with Gasteiger partial charge in [-0.2, -0.15) is 0 Å². The van der Waals surface area contributed by atoms with Crippen molar-refractivity contribution >= 4 is 10.0 Å². The number of rotatable bonds is 8. The highest BCUT2D eigenvalue weighted by molar-refractivity contribution is 7.89. The van der Waals surface area contributed by atoms with Crippen LogP contribution in [-0.4, -0.2) is 21.5 Å². The quantitative estimate of drug-likeness (QED) is 0.725. The van der Waals surface area contributed by atoms with E-state index in [1.54, 1.807) is 6.07 Å². The first kappa shape index (κ1) is 16.5. The molecule has 1 aliphatic rings. The van der Waals surface area contributed by atoms with Crippen LogP contribution in [0.5, 0.6) is 0 Å². The molecule has 0 heterocycles. The van der Waals surface area contributed by atoms with E-state index in [-0.39, 0.29) is 0 Å². The molecule has 5 heteroatoms. The second kappa shape index (κ2) is 6.90. The molecule has 2 N–H and O–H groups in total. The fourth-order valence-corrected chi connectivity index (χ4v) is 3.82. The molecule has 1 saturated carbocycles. The summed E-state index contributed by atoms with van der Waals surface area (Å²) < 4.78 is 27.6. The van der Waals surface area contributed by atoms with Gasteiger partial charge < -0.3 is 5.32 Å². The molecule has 2 rings (SSSR count). The van der Waals surface area contributed by atoms with Crippen molar-refractivity contribution in [2.45, 2.75) is 45.1 Å². The van der Waals surface area contributed by atoms with Gasteiger partial charge in [0.1, 0.15) is 0 Å². The molecule has 0 amide bonds. The molecule has 1 fully saturated rings. The van der Waals surface area contributed by atoms with Crippen molar-refractivity contribution in [2.75, 3.05) is 13.1 Å². The lowest BCUT2D eigenvalue weighted by atomic mass is 10.1. The van der Waals surface area contributed by atoms with Gasteiger partial charge in [0.05, 0.1) is 4.90 Å². The largest absolute Gasteiger partial charge is 0.313 e. The fourth-order valence-electron chi connectivity index (χ4n) is 2.43. The van der Waals surface area contributed by atoms with Crippen LogP contribution >= 0.6 is 0 Å². The summed E-state index contributed by atoms with van der Waals surface area (Å²) in [6, 6.07) is 5.66. The van der Waals surface area contributed by atoms with Crippen LogP contribution in [0, 0.1) is 18.8 Å². The van der Waals surface area contributed by atoms with E-state index in [0.29, 0.717) is 29.8 Å². The van der Waals surface area contributed by atoms with Gasteiger partial charge in [-0.3, -0.25) is 0 Å². The van der Waals surface area contributed by atoms with E-state index in [0.717, 1.165) is 30.5 Å². The van der Waals surface area contributed by atoms with E-state index in [9.17, 15) is 8.42 Å². The Morgan fingerprint density at radius 3 is 2.67 bits per heavy atom. The van der Waals surface area contributed by atoms with E-state index < -0.39 is 10.0 Å².